The summed E-state index contributed by atoms with van der Waals surface area (Å²) in [5, 5.41) is 6.15. The summed E-state index contributed by atoms with van der Waals surface area (Å²) in [4.78, 5) is 23.5. The van der Waals surface area contributed by atoms with Crippen molar-refractivity contribution in [3.63, 3.8) is 0 Å². The van der Waals surface area contributed by atoms with Crippen LogP contribution in [0.15, 0.2) is 23.1 Å². The van der Waals surface area contributed by atoms with E-state index in [9.17, 15) is 9.59 Å². The molecule has 0 aromatic carbocycles. The van der Waals surface area contributed by atoms with Crippen LogP contribution < -0.4 is 16.2 Å². The Kier molecular flexibility index (Phi) is 4.74. The van der Waals surface area contributed by atoms with Crippen LogP contribution in [0.25, 0.3) is 0 Å². The van der Waals surface area contributed by atoms with Crippen molar-refractivity contribution >= 4 is 11.6 Å². The molecule has 1 aliphatic heterocycles. The lowest BCUT2D eigenvalue weighted by molar-refractivity contribution is -0.116. The van der Waals surface area contributed by atoms with E-state index in [1.54, 1.807) is 16.8 Å². The number of nitrogens with one attached hydrogen (secondary N) is 2. The van der Waals surface area contributed by atoms with Crippen LogP contribution in [0.4, 0.5) is 5.69 Å². The van der Waals surface area contributed by atoms with E-state index < -0.39 is 0 Å². The molecule has 0 saturated carbocycles. The molecule has 1 aromatic rings. The van der Waals surface area contributed by atoms with Gasteiger partial charge in [-0.2, -0.15) is 0 Å². The van der Waals surface area contributed by atoms with Gasteiger partial charge in [-0.3, -0.25) is 9.59 Å². The van der Waals surface area contributed by atoms with Gasteiger partial charge in [0, 0.05) is 31.3 Å². The number of aryl methyl sites for hydroxylation is 1. The lowest BCUT2D eigenvalue weighted by Crippen LogP contribution is -2.28. The Balaban J connectivity index is 1.96. The van der Waals surface area contributed by atoms with E-state index >= 15 is 0 Å². The van der Waals surface area contributed by atoms with Crippen molar-refractivity contribution in [3.05, 3.63) is 28.7 Å². The Hall–Kier alpha value is -1.62. The van der Waals surface area contributed by atoms with E-state index in [0.29, 0.717) is 24.7 Å². The minimum Gasteiger partial charge on any atom is -0.325 e. The van der Waals surface area contributed by atoms with Crippen molar-refractivity contribution in [3.8, 4) is 0 Å². The Labute approximate surface area is 113 Å². The second kappa shape index (κ2) is 6.52. The third-order valence-corrected chi connectivity index (χ3v) is 3.33. The molecule has 104 valence electrons. The van der Waals surface area contributed by atoms with E-state index in [-0.39, 0.29) is 11.5 Å². The highest BCUT2D eigenvalue weighted by Crippen LogP contribution is 2.11. The number of pyridine rings is 1. The predicted molar refractivity (Wildman–Crippen MR) is 75.3 cm³/mol. The van der Waals surface area contributed by atoms with Gasteiger partial charge in [-0.25, -0.2) is 0 Å². The smallest absolute Gasteiger partial charge is 0.250 e. The van der Waals surface area contributed by atoms with Gasteiger partial charge in [0.05, 0.1) is 5.69 Å². The second-order valence-corrected chi connectivity index (χ2v) is 4.99. The van der Waals surface area contributed by atoms with Crippen molar-refractivity contribution in [2.45, 2.75) is 45.2 Å². The molecule has 2 rings (SSSR count). The molecule has 1 amide bonds. The largest absolute Gasteiger partial charge is 0.325 e. The van der Waals surface area contributed by atoms with Crippen molar-refractivity contribution in [2.24, 2.45) is 0 Å². The van der Waals surface area contributed by atoms with Gasteiger partial charge in [0.1, 0.15) is 0 Å². The predicted octanol–water partition coefficient (Wildman–Crippen LogP) is 1.34. The fraction of sp³-hybridized carbons (Fsp3) is 0.571. The van der Waals surface area contributed by atoms with Crippen LogP contribution >= 0.6 is 0 Å². The topological polar surface area (TPSA) is 63.1 Å². The summed E-state index contributed by atoms with van der Waals surface area (Å²) < 4.78 is 1.63. The third kappa shape index (κ3) is 3.92. The van der Waals surface area contributed by atoms with E-state index in [0.717, 1.165) is 25.8 Å². The molecule has 1 fully saturated rings. The van der Waals surface area contributed by atoms with Gasteiger partial charge in [0.25, 0.3) is 5.56 Å². The first-order chi connectivity index (χ1) is 9.19. The molecule has 1 aromatic heterocycles. The third-order valence-electron chi connectivity index (χ3n) is 3.33. The molecule has 5 heteroatoms. The van der Waals surface area contributed by atoms with Gasteiger partial charge in [-0.15, -0.1) is 0 Å². The van der Waals surface area contributed by atoms with Crippen LogP contribution in [0.1, 0.15) is 32.6 Å². The quantitative estimate of drug-likeness (QED) is 0.842. The lowest BCUT2D eigenvalue weighted by Gasteiger charge is -2.11. The first-order valence-electron chi connectivity index (χ1n) is 6.93. The Bertz CT molecular complexity index is 490. The molecule has 1 saturated heterocycles. The molecule has 0 radical (unpaired) electrons. The SMILES string of the molecule is CCCn1cc(NC(=O)CC2CCCN2)ccc1=O. The normalized spacial score (nSPS) is 18.5. The standard InChI is InChI=1S/C14H21N3O2/c1-2-8-17-10-12(5-6-14(17)19)16-13(18)9-11-4-3-7-15-11/h5-6,10-11,15H,2-4,7-9H2,1H3,(H,16,18). The number of rotatable bonds is 5. The lowest BCUT2D eigenvalue weighted by atomic mass is 10.1. The van der Waals surface area contributed by atoms with Crippen molar-refractivity contribution < 1.29 is 4.79 Å². The average molecular weight is 263 g/mol. The fourth-order valence-corrected chi connectivity index (χ4v) is 2.39. The summed E-state index contributed by atoms with van der Waals surface area (Å²) >= 11 is 0. The highest BCUT2D eigenvalue weighted by molar-refractivity contribution is 5.90. The van der Waals surface area contributed by atoms with Crippen molar-refractivity contribution in [2.75, 3.05) is 11.9 Å². The molecule has 5 nitrogen and oxygen atoms in total. The number of aromatic nitrogens is 1. The highest BCUT2D eigenvalue weighted by atomic mass is 16.1. The molecule has 0 aliphatic carbocycles. The van der Waals surface area contributed by atoms with Gasteiger partial charge in [0.15, 0.2) is 0 Å². The van der Waals surface area contributed by atoms with Crippen LogP contribution in [-0.2, 0) is 11.3 Å². The maximum Gasteiger partial charge on any atom is 0.250 e. The molecular weight excluding hydrogens is 242 g/mol. The molecule has 1 unspecified atom stereocenters. The van der Waals surface area contributed by atoms with Gasteiger partial charge in [0.2, 0.25) is 5.91 Å². The summed E-state index contributed by atoms with van der Waals surface area (Å²) in [6, 6.07) is 3.45. The molecule has 1 atom stereocenters. The molecule has 0 bridgehead atoms. The van der Waals surface area contributed by atoms with Gasteiger partial charge in [-0.1, -0.05) is 6.92 Å². The fourth-order valence-electron chi connectivity index (χ4n) is 2.39. The van der Waals surface area contributed by atoms with Crippen LogP contribution in [-0.4, -0.2) is 23.1 Å². The van der Waals surface area contributed by atoms with Gasteiger partial charge in [-0.05, 0) is 31.9 Å². The Morgan fingerprint density at radius 2 is 2.37 bits per heavy atom. The van der Waals surface area contributed by atoms with Gasteiger partial charge >= 0.3 is 0 Å². The molecule has 19 heavy (non-hydrogen) atoms. The molecular formula is C14H21N3O2. The minimum absolute atomic E-state index is 0.00102. The van der Waals surface area contributed by atoms with Crippen molar-refractivity contribution in [1.29, 1.82) is 0 Å². The van der Waals surface area contributed by atoms with Gasteiger partial charge < -0.3 is 15.2 Å². The summed E-state index contributed by atoms with van der Waals surface area (Å²) in [7, 11) is 0. The Morgan fingerprint density at radius 3 is 3.05 bits per heavy atom. The average Bonchev–Trinajstić information content (AvgIpc) is 2.86. The number of anilines is 1. The monoisotopic (exact) mass is 263 g/mol. The molecule has 1 aliphatic rings. The van der Waals surface area contributed by atoms with Crippen LogP contribution in [0.2, 0.25) is 0 Å². The zero-order chi connectivity index (χ0) is 13.7. The highest BCUT2D eigenvalue weighted by Gasteiger charge is 2.17. The number of carbonyl (C=O) groups is 1. The van der Waals surface area contributed by atoms with E-state index in [2.05, 4.69) is 10.6 Å². The molecule has 2 heterocycles. The maximum absolute atomic E-state index is 11.9. The van der Waals surface area contributed by atoms with Crippen LogP contribution in [0.5, 0.6) is 0 Å². The summed E-state index contributed by atoms with van der Waals surface area (Å²) in [5.74, 6) is 0.00102. The van der Waals surface area contributed by atoms with E-state index in [4.69, 9.17) is 0 Å². The first kappa shape index (κ1) is 13.8. The maximum atomic E-state index is 11.9. The summed E-state index contributed by atoms with van der Waals surface area (Å²) in [6.45, 7) is 3.69. The zero-order valence-corrected chi connectivity index (χ0v) is 11.3. The molecule has 2 N–H and O–H groups in total. The van der Waals surface area contributed by atoms with Crippen molar-refractivity contribution in [1.82, 2.24) is 9.88 Å². The summed E-state index contributed by atoms with van der Waals surface area (Å²) in [6.07, 6.45) is 5.30. The Morgan fingerprint density at radius 1 is 1.53 bits per heavy atom. The summed E-state index contributed by atoms with van der Waals surface area (Å²) in [5.41, 5.74) is 0.661. The number of nitrogens with zero attached hydrogens (tertiary/aromatic N) is 1. The van der Waals surface area contributed by atoms with E-state index in [1.165, 1.54) is 6.07 Å². The van der Waals surface area contributed by atoms with Crippen LogP contribution in [0, 0.1) is 0 Å². The number of carbonyl (C=O) groups excluding carboxylic acids is 1. The van der Waals surface area contributed by atoms with E-state index in [1.807, 2.05) is 6.92 Å². The van der Waals surface area contributed by atoms with Crippen LogP contribution in [0.3, 0.4) is 0 Å². The second-order valence-electron chi connectivity index (χ2n) is 4.99. The minimum atomic E-state index is -0.0303. The number of hydrogen-bond donors (Lipinski definition) is 2. The number of amides is 1. The first-order valence-corrected chi connectivity index (χ1v) is 6.93. The molecule has 0 spiro atoms. The zero-order valence-electron chi connectivity index (χ0n) is 11.3. The number of hydrogen-bond acceptors (Lipinski definition) is 3.